The van der Waals surface area contributed by atoms with E-state index in [1.807, 2.05) is 29.6 Å². The molecule has 0 saturated carbocycles. The first kappa shape index (κ1) is 22.1. The predicted octanol–water partition coefficient (Wildman–Crippen LogP) is 2.90. The fraction of sp³-hybridized carbons (Fsp3) is 0.150. The molecule has 166 valence electrons. The van der Waals surface area contributed by atoms with Gasteiger partial charge in [-0.15, -0.1) is 11.3 Å². The van der Waals surface area contributed by atoms with Gasteiger partial charge in [0.15, 0.2) is 5.76 Å². The molecule has 0 fully saturated rings. The molecule has 0 aliphatic carbocycles. The van der Waals surface area contributed by atoms with Crippen molar-refractivity contribution in [3.63, 3.8) is 0 Å². The minimum absolute atomic E-state index is 0.220. The standard InChI is InChI=1S/C20H19N4O6PS/c21-20-17(4-1-7-24(20)13-29-31(25,26)27)18-10-15(23-30-18)9-14-5-6-19(22-11-14)28-12-16-3-2-8-32-16/h1-8,10-11,21H,9,12-13H2,(H2,25,26,27)/p+1. The summed E-state index contributed by atoms with van der Waals surface area (Å²) in [6, 6.07) is 12.8. The SMILES string of the molecule is Nc1c(-c2cc(Cc3ccc(OCc4cccs4)nc3)no2)ccc[n+]1COP(=O)(O)O. The van der Waals surface area contributed by atoms with E-state index in [9.17, 15) is 4.57 Å². The molecule has 4 heterocycles. The Morgan fingerprint density at radius 3 is 2.81 bits per heavy atom. The normalized spacial score (nSPS) is 11.6. The number of hydrogen-bond donors (Lipinski definition) is 3. The van der Waals surface area contributed by atoms with E-state index in [4.69, 9.17) is 24.8 Å². The van der Waals surface area contributed by atoms with Crippen LogP contribution in [0.1, 0.15) is 16.1 Å². The molecular formula is C20H20N4O6PS+. The molecule has 0 radical (unpaired) electrons. The van der Waals surface area contributed by atoms with Crippen LogP contribution in [0.3, 0.4) is 0 Å². The van der Waals surface area contributed by atoms with E-state index in [1.54, 1.807) is 41.9 Å². The maximum Gasteiger partial charge on any atom is 0.472 e. The van der Waals surface area contributed by atoms with Crippen molar-refractivity contribution < 1.29 is 32.7 Å². The Labute approximate surface area is 187 Å². The van der Waals surface area contributed by atoms with Gasteiger partial charge in [-0.25, -0.2) is 18.6 Å². The minimum Gasteiger partial charge on any atom is -0.472 e. The van der Waals surface area contributed by atoms with Crippen LogP contribution in [0.2, 0.25) is 0 Å². The summed E-state index contributed by atoms with van der Waals surface area (Å²) in [6.45, 7) is 0.0753. The third-order valence-corrected chi connectivity index (χ3v) is 5.73. The number of nitrogens with zero attached hydrogens (tertiary/aromatic N) is 3. The second-order valence-electron chi connectivity index (χ2n) is 6.76. The number of phosphoric acid groups is 1. The lowest BCUT2D eigenvalue weighted by Crippen LogP contribution is -2.38. The van der Waals surface area contributed by atoms with E-state index in [2.05, 4.69) is 14.7 Å². The number of thiophene rings is 1. The van der Waals surface area contributed by atoms with Crippen molar-refractivity contribution in [3.05, 3.63) is 76.4 Å². The van der Waals surface area contributed by atoms with Crippen molar-refractivity contribution >= 4 is 25.0 Å². The summed E-state index contributed by atoms with van der Waals surface area (Å²) in [4.78, 5) is 23.2. The zero-order valence-corrected chi connectivity index (χ0v) is 18.4. The van der Waals surface area contributed by atoms with Crippen molar-refractivity contribution in [1.82, 2.24) is 10.1 Å². The Kier molecular flexibility index (Phi) is 6.63. The molecule has 0 spiro atoms. The number of nitrogen functional groups attached to an aromatic ring is 1. The van der Waals surface area contributed by atoms with E-state index < -0.39 is 14.6 Å². The number of anilines is 1. The zero-order valence-electron chi connectivity index (χ0n) is 16.7. The van der Waals surface area contributed by atoms with Crippen LogP contribution in [0.5, 0.6) is 5.88 Å². The van der Waals surface area contributed by atoms with Crippen LogP contribution in [-0.4, -0.2) is 19.9 Å². The van der Waals surface area contributed by atoms with Crippen LogP contribution >= 0.6 is 19.2 Å². The summed E-state index contributed by atoms with van der Waals surface area (Å²) >= 11 is 1.63. The lowest BCUT2D eigenvalue weighted by molar-refractivity contribution is -0.711. The fourth-order valence-corrected chi connectivity index (χ4v) is 3.78. The molecule has 4 N–H and O–H groups in total. The lowest BCUT2D eigenvalue weighted by atomic mass is 10.1. The molecule has 0 bridgehead atoms. The summed E-state index contributed by atoms with van der Waals surface area (Å²) in [5, 5.41) is 6.08. The quantitative estimate of drug-likeness (QED) is 0.246. The van der Waals surface area contributed by atoms with Crippen LogP contribution in [0, 0.1) is 0 Å². The molecule has 0 saturated heterocycles. The van der Waals surface area contributed by atoms with Crippen LogP contribution in [-0.2, 0) is 28.8 Å². The minimum atomic E-state index is -4.62. The van der Waals surface area contributed by atoms with Crippen LogP contribution in [0.25, 0.3) is 11.3 Å². The highest BCUT2D eigenvalue weighted by Gasteiger charge is 2.20. The second kappa shape index (κ2) is 9.60. The molecule has 0 aliphatic rings. The van der Waals surface area contributed by atoms with Gasteiger partial charge in [0, 0.05) is 29.6 Å². The fourth-order valence-electron chi connectivity index (χ4n) is 2.89. The Bertz CT molecular complexity index is 1220. The maximum absolute atomic E-state index is 10.9. The molecule has 10 nitrogen and oxygen atoms in total. The molecule has 0 aliphatic heterocycles. The van der Waals surface area contributed by atoms with Crippen molar-refractivity contribution in [2.45, 2.75) is 19.8 Å². The summed E-state index contributed by atoms with van der Waals surface area (Å²) in [5.41, 5.74) is 8.24. The summed E-state index contributed by atoms with van der Waals surface area (Å²) in [6.07, 6.45) is 3.76. The molecule has 32 heavy (non-hydrogen) atoms. The monoisotopic (exact) mass is 475 g/mol. The topological polar surface area (TPSA) is 145 Å². The third kappa shape index (κ3) is 5.78. The van der Waals surface area contributed by atoms with Gasteiger partial charge < -0.3 is 19.0 Å². The number of phosphoric ester groups is 1. The van der Waals surface area contributed by atoms with Gasteiger partial charge in [-0.1, -0.05) is 17.3 Å². The smallest absolute Gasteiger partial charge is 0.472 e. The van der Waals surface area contributed by atoms with Crippen molar-refractivity contribution in [2.24, 2.45) is 0 Å². The molecular weight excluding hydrogens is 455 g/mol. The first-order chi connectivity index (χ1) is 15.4. The highest BCUT2D eigenvalue weighted by Crippen LogP contribution is 2.35. The van der Waals surface area contributed by atoms with E-state index >= 15 is 0 Å². The molecule has 0 amide bonds. The highest BCUT2D eigenvalue weighted by molar-refractivity contribution is 7.46. The lowest BCUT2D eigenvalue weighted by Gasteiger charge is -2.07. The Morgan fingerprint density at radius 2 is 2.09 bits per heavy atom. The van der Waals surface area contributed by atoms with Gasteiger partial charge in [0.1, 0.15) is 12.2 Å². The molecule has 0 unspecified atom stereocenters. The number of rotatable bonds is 9. The van der Waals surface area contributed by atoms with Crippen molar-refractivity contribution in [2.75, 3.05) is 5.73 Å². The number of ether oxygens (including phenoxy) is 1. The molecule has 4 aromatic heterocycles. The van der Waals surface area contributed by atoms with Gasteiger partial charge in [0.05, 0.1) is 11.9 Å². The zero-order chi connectivity index (χ0) is 22.6. The summed E-state index contributed by atoms with van der Waals surface area (Å²) in [5.74, 6) is 1.19. The van der Waals surface area contributed by atoms with Gasteiger partial charge in [-0.2, -0.15) is 0 Å². The molecule has 4 rings (SSSR count). The van der Waals surface area contributed by atoms with Gasteiger partial charge in [0.2, 0.25) is 12.6 Å². The highest BCUT2D eigenvalue weighted by atomic mass is 32.1. The average molecular weight is 475 g/mol. The Morgan fingerprint density at radius 1 is 1.22 bits per heavy atom. The van der Waals surface area contributed by atoms with Crippen LogP contribution < -0.4 is 15.0 Å². The Balaban J connectivity index is 1.41. The first-order valence-corrected chi connectivity index (χ1v) is 11.8. The van der Waals surface area contributed by atoms with Gasteiger partial charge in [0.25, 0.3) is 5.82 Å². The second-order valence-corrected chi connectivity index (χ2v) is 9.03. The number of pyridine rings is 2. The largest absolute Gasteiger partial charge is 0.472 e. The van der Waals surface area contributed by atoms with Crippen molar-refractivity contribution in [1.29, 1.82) is 0 Å². The van der Waals surface area contributed by atoms with E-state index in [1.165, 1.54) is 4.57 Å². The summed E-state index contributed by atoms with van der Waals surface area (Å²) in [7, 11) is -4.62. The van der Waals surface area contributed by atoms with Gasteiger partial charge >= 0.3 is 7.82 Å². The molecule has 0 aromatic carbocycles. The number of hydrogen-bond acceptors (Lipinski definition) is 8. The third-order valence-electron chi connectivity index (χ3n) is 4.43. The summed E-state index contributed by atoms with van der Waals surface area (Å²) < 4.78 is 27.9. The van der Waals surface area contributed by atoms with E-state index in [0.717, 1.165) is 10.4 Å². The van der Waals surface area contributed by atoms with Crippen LogP contribution in [0.15, 0.2) is 64.8 Å². The average Bonchev–Trinajstić information content (AvgIpc) is 3.44. The first-order valence-electron chi connectivity index (χ1n) is 9.41. The van der Waals surface area contributed by atoms with E-state index in [0.29, 0.717) is 35.9 Å². The molecule has 12 heteroatoms. The number of nitrogens with two attached hydrogens (primary N) is 1. The molecule has 0 atom stereocenters. The van der Waals surface area contributed by atoms with E-state index in [-0.39, 0.29) is 5.82 Å². The predicted molar refractivity (Wildman–Crippen MR) is 115 cm³/mol. The maximum atomic E-state index is 10.9. The van der Waals surface area contributed by atoms with Gasteiger partial charge in [-0.3, -0.25) is 5.73 Å². The van der Waals surface area contributed by atoms with Crippen molar-refractivity contribution in [3.8, 4) is 17.2 Å². The Hall–Kier alpha value is -3.08. The number of aromatic nitrogens is 3. The van der Waals surface area contributed by atoms with Gasteiger partial charge in [-0.05, 0) is 29.1 Å². The molecule has 4 aromatic rings. The van der Waals surface area contributed by atoms with Crippen LogP contribution in [0.4, 0.5) is 5.82 Å².